The third-order valence-corrected chi connectivity index (χ3v) is 4.20. The first kappa shape index (κ1) is 13.7. The lowest BCUT2D eigenvalue weighted by Gasteiger charge is -2.15. The molecule has 0 aliphatic heterocycles. The second kappa shape index (κ2) is 5.96. The van der Waals surface area contributed by atoms with Crippen molar-refractivity contribution >= 4 is 39.1 Å². The van der Waals surface area contributed by atoms with Gasteiger partial charge in [0, 0.05) is 15.6 Å². The van der Waals surface area contributed by atoms with Gasteiger partial charge >= 0.3 is 0 Å². The van der Waals surface area contributed by atoms with E-state index in [4.69, 9.17) is 27.9 Å². The summed E-state index contributed by atoms with van der Waals surface area (Å²) in [6, 6.07) is 13.3. The largest absolute Gasteiger partial charge is 0.496 e. The predicted octanol–water partition coefficient (Wildman–Crippen LogP) is 5.49. The van der Waals surface area contributed by atoms with Gasteiger partial charge in [-0.1, -0.05) is 63.4 Å². The van der Waals surface area contributed by atoms with E-state index >= 15 is 0 Å². The first-order valence-corrected chi connectivity index (χ1v) is 7.02. The summed E-state index contributed by atoms with van der Waals surface area (Å²) in [6.07, 6.45) is 0. The average Bonchev–Trinajstić information content (AvgIpc) is 2.38. The van der Waals surface area contributed by atoms with Crippen LogP contribution in [0.15, 0.2) is 42.5 Å². The molecule has 0 fully saturated rings. The molecule has 4 heteroatoms. The van der Waals surface area contributed by atoms with Crippen molar-refractivity contribution in [3.63, 3.8) is 0 Å². The monoisotopic (exact) mass is 344 g/mol. The Hall–Kier alpha value is -0.700. The van der Waals surface area contributed by atoms with E-state index in [-0.39, 0.29) is 4.83 Å². The second-order valence-corrected chi connectivity index (χ2v) is 5.53. The normalized spacial score (nSPS) is 12.2. The lowest BCUT2D eigenvalue weighted by Crippen LogP contribution is -1.97. The fraction of sp³-hybridized carbons (Fsp3) is 0.143. The summed E-state index contributed by atoms with van der Waals surface area (Å²) in [4.78, 5) is -0.0292. The van der Waals surface area contributed by atoms with Gasteiger partial charge in [0.1, 0.15) is 5.75 Å². The quantitative estimate of drug-likeness (QED) is 0.668. The van der Waals surface area contributed by atoms with Crippen molar-refractivity contribution in [2.75, 3.05) is 7.11 Å². The van der Waals surface area contributed by atoms with Gasteiger partial charge in [-0.2, -0.15) is 0 Å². The molecule has 1 atom stereocenters. The Morgan fingerprint density at radius 3 is 2.44 bits per heavy atom. The molecule has 18 heavy (non-hydrogen) atoms. The Morgan fingerprint density at radius 2 is 1.78 bits per heavy atom. The van der Waals surface area contributed by atoms with Crippen LogP contribution in [0.25, 0.3) is 0 Å². The van der Waals surface area contributed by atoms with Crippen LogP contribution in [0.5, 0.6) is 5.75 Å². The zero-order valence-corrected chi connectivity index (χ0v) is 12.8. The van der Waals surface area contributed by atoms with Crippen LogP contribution in [-0.4, -0.2) is 7.11 Å². The maximum Gasteiger partial charge on any atom is 0.123 e. The highest BCUT2D eigenvalue weighted by Crippen LogP contribution is 2.39. The molecule has 94 valence electrons. The smallest absolute Gasteiger partial charge is 0.123 e. The summed E-state index contributed by atoms with van der Waals surface area (Å²) in [7, 11) is 1.65. The van der Waals surface area contributed by atoms with Gasteiger partial charge in [-0.05, 0) is 23.8 Å². The molecular weight excluding hydrogens is 335 g/mol. The number of alkyl halides is 1. The van der Waals surface area contributed by atoms with Crippen molar-refractivity contribution in [2.24, 2.45) is 0 Å². The molecule has 2 rings (SSSR count). The number of hydrogen-bond acceptors (Lipinski definition) is 1. The highest BCUT2D eigenvalue weighted by atomic mass is 79.9. The van der Waals surface area contributed by atoms with Gasteiger partial charge in [0.05, 0.1) is 11.9 Å². The van der Waals surface area contributed by atoms with E-state index in [1.807, 2.05) is 36.4 Å². The van der Waals surface area contributed by atoms with Gasteiger partial charge in [-0.3, -0.25) is 0 Å². The van der Waals surface area contributed by atoms with Gasteiger partial charge in [0.15, 0.2) is 0 Å². The van der Waals surface area contributed by atoms with Crippen molar-refractivity contribution in [1.29, 1.82) is 0 Å². The highest BCUT2D eigenvalue weighted by Gasteiger charge is 2.17. The van der Waals surface area contributed by atoms with Crippen LogP contribution in [0.1, 0.15) is 16.0 Å². The molecule has 0 heterocycles. The molecule has 0 spiro atoms. The molecule has 0 aromatic heterocycles. The molecule has 0 N–H and O–H groups in total. The SMILES string of the molecule is COc1ccccc1C(Br)c1ccc(Cl)cc1Cl. The molecule has 0 saturated carbocycles. The number of hydrogen-bond donors (Lipinski definition) is 0. The van der Waals surface area contributed by atoms with Crippen molar-refractivity contribution in [2.45, 2.75) is 4.83 Å². The first-order valence-electron chi connectivity index (χ1n) is 5.35. The lowest BCUT2D eigenvalue weighted by molar-refractivity contribution is 0.410. The molecule has 0 bridgehead atoms. The third-order valence-electron chi connectivity index (χ3n) is 2.65. The number of benzene rings is 2. The summed E-state index contributed by atoms with van der Waals surface area (Å²) in [5.41, 5.74) is 2.00. The van der Waals surface area contributed by atoms with Gasteiger partial charge in [0.25, 0.3) is 0 Å². The van der Waals surface area contributed by atoms with Crippen LogP contribution in [-0.2, 0) is 0 Å². The fourth-order valence-corrected chi connectivity index (χ4v) is 3.18. The van der Waals surface area contributed by atoms with E-state index in [0.29, 0.717) is 10.0 Å². The number of para-hydroxylation sites is 1. The molecule has 0 aliphatic carbocycles. The summed E-state index contributed by atoms with van der Waals surface area (Å²) in [5.74, 6) is 0.824. The molecule has 0 radical (unpaired) electrons. The van der Waals surface area contributed by atoms with Crippen molar-refractivity contribution in [3.8, 4) is 5.75 Å². The van der Waals surface area contributed by atoms with E-state index in [2.05, 4.69) is 15.9 Å². The second-order valence-electron chi connectivity index (χ2n) is 3.77. The zero-order valence-electron chi connectivity index (χ0n) is 9.66. The van der Waals surface area contributed by atoms with E-state index in [0.717, 1.165) is 16.9 Å². The van der Waals surface area contributed by atoms with Gasteiger partial charge < -0.3 is 4.74 Å². The van der Waals surface area contributed by atoms with Crippen LogP contribution in [0.2, 0.25) is 10.0 Å². The van der Waals surface area contributed by atoms with Crippen LogP contribution in [0, 0.1) is 0 Å². The van der Waals surface area contributed by atoms with Gasteiger partial charge in [-0.25, -0.2) is 0 Å². The van der Waals surface area contributed by atoms with E-state index in [1.165, 1.54) is 0 Å². The minimum Gasteiger partial charge on any atom is -0.496 e. The number of methoxy groups -OCH3 is 1. The van der Waals surface area contributed by atoms with Crippen LogP contribution < -0.4 is 4.74 Å². The van der Waals surface area contributed by atoms with Crippen molar-refractivity contribution in [3.05, 3.63) is 63.6 Å². The topological polar surface area (TPSA) is 9.23 Å². The molecular formula is C14H11BrCl2O. The average molecular weight is 346 g/mol. The molecule has 1 nitrogen and oxygen atoms in total. The molecule has 1 unspecified atom stereocenters. The molecule has 0 amide bonds. The Morgan fingerprint density at radius 1 is 1.06 bits per heavy atom. The van der Waals surface area contributed by atoms with Crippen molar-refractivity contribution in [1.82, 2.24) is 0 Å². The predicted molar refractivity (Wildman–Crippen MR) is 80.2 cm³/mol. The van der Waals surface area contributed by atoms with Gasteiger partial charge in [0.2, 0.25) is 0 Å². The summed E-state index contributed by atoms with van der Waals surface area (Å²) in [5, 5.41) is 1.26. The number of halogens is 3. The highest BCUT2D eigenvalue weighted by molar-refractivity contribution is 9.09. The van der Waals surface area contributed by atoms with Crippen LogP contribution in [0.4, 0.5) is 0 Å². The molecule has 0 saturated heterocycles. The minimum atomic E-state index is -0.0292. The van der Waals surface area contributed by atoms with E-state index in [9.17, 15) is 0 Å². The molecule has 2 aromatic rings. The van der Waals surface area contributed by atoms with E-state index in [1.54, 1.807) is 13.2 Å². The summed E-state index contributed by atoms with van der Waals surface area (Å²) in [6.45, 7) is 0. The van der Waals surface area contributed by atoms with E-state index < -0.39 is 0 Å². The minimum absolute atomic E-state index is 0.0292. The Balaban J connectivity index is 2.44. The van der Waals surface area contributed by atoms with Gasteiger partial charge in [-0.15, -0.1) is 0 Å². The van der Waals surface area contributed by atoms with Crippen molar-refractivity contribution < 1.29 is 4.74 Å². The van der Waals surface area contributed by atoms with Crippen LogP contribution in [0.3, 0.4) is 0 Å². The number of ether oxygens (including phenoxy) is 1. The Kier molecular flexibility index (Phi) is 4.55. The lowest BCUT2D eigenvalue weighted by atomic mass is 10.0. The van der Waals surface area contributed by atoms with Crippen LogP contribution >= 0.6 is 39.1 Å². The zero-order chi connectivity index (χ0) is 13.1. The fourth-order valence-electron chi connectivity index (χ4n) is 1.75. The Bertz CT molecular complexity index is 557. The maximum atomic E-state index is 6.21. The first-order chi connectivity index (χ1) is 8.63. The number of rotatable bonds is 3. The molecule has 2 aromatic carbocycles. The standard InChI is InChI=1S/C14H11BrCl2O/c1-18-13-5-3-2-4-11(13)14(15)10-7-6-9(16)8-12(10)17/h2-8,14H,1H3. The maximum absolute atomic E-state index is 6.21. The third kappa shape index (κ3) is 2.82. The summed E-state index contributed by atoms with van der Waals surface area (Å²) < 4.78 is 5.35. The molecule has 0 aliphatic rings. The Labute approximate surface area is 125 Å². The summed E-state index contributed by atoms with van der Waals surface area (Å²) >= 11 is 15.8.